The van der Waals surface area contributed by atoms with Gasteiger partial charge in [-0.3, -0.25) is 14.9 Å². The van der Waals surface area contributed by atoms with E-state index < -0.39 is 4.92 Å². The van der Waals surface area contributed by atoms with Gasteiger partial charge in [0, 0.05) is 34.2 Å². The van der Waals surface area contributed by atoms with E-state index in [0.717, 1.165) is 5.39 Å². The molecule has 3 aromatic rings. The van der Waals surface area contributed by atoms with Crippen molar-refractivity contribution >= 4 is 16.7 Å². The molecule has 5 rings (SSSR count). The first-order chi connectivity index (χ1) is 14.6. The molecule has 0 saturated carbocycles. The highest BCUT2D eigenvalue weighted by Crippen LogP contribution is 2.43. The number of nitro groups is 1. The summed E-state index contributed by atoms with van der Waals surface area (Å²) in [5, 5.41) is 12.6. The van der Waals surface area contributed by atoms with Gasteiger partial charge in [-0.1, -0.05) is 60.7 Å². The van der Waals surface area contributed by atoms with Crippen molar-refractivity contribution in [3.8, 4) is 33.6 Å². The van der Waals surface area contributed by atoms with Gasteiger partial charge >= 0.3 is 0 Å². The first-order valence-corrected chi connectivity index (χ1v) is 9.42. The molecule has 1 aliphatic heterocycles. The predicted molar refractivity (Wildman–Crippen MR) is 117 cm³/mol. The molecule has 0 atom stereocenters. The predicted octanol–water partition coefficient (Wildman–Crippen LogP) is 6.14. The standard InChI is InChI=1S/C25H15NO4/c27-21-15-23-19(14-17-10-4-7-13-22(17)30-23)25(24(21)16-8-2-1-3-9-16)18-11-5-6-12-20(18)26(28)29/h1-15H. The van der Waals surface area contributed by atoms with Crippen LogP contribution in [0.5, 0.6) is 0 Å². The summed E-state index contributed by atoms with van der Waals surface area (Å²) in [7, 11) is 0. The van der Waals surface area contributed by atoms with Gasteiger partial charge in [-0.05, 0) is 23.8 Å². The highest BCUT2D eigenvalue weighted by Gasteiger charge is 2.26. The Morgan fingerprint density at radius 1 is 0.733 bits per heavy atom. The van der Waals surface area contributed by atoms with E-state index >= 15 is 0 Å². The van der Waals surface area contributed by atoms with Crippen LogP contribution in [0.2, 0.25) is 0 Å². The monoisotopic (exact) mass is 393 g/mol. The van der Waals surface area contributed by atoms with Gasteiger partial charge in [0.05, 0.1) is 10.5 Å². The van der Waals surface area contributed by atoms with Gasteiger partial charge in [-0.15, -0.1) is 0 Å². The lowest BCUT2D eigenvalue weighted by Gasteiger charge is -2.17. The smallest absolute Gasteiger partial charge is 0.277 e. The van der Waals surface area contributed by atoms with Crippen molar-refractivity contribution < 1.29 is 9.34 Å². The van der Waals surface area contributed by atoms with Crippen LogP contribution in [0, 0.1) is 10.1 Å². The number of hydrogen-bond acceptors (Lipinski definition) is 4. The Morgan fingerprint density at radius 2 is 1.43 bits per heavy atom. The third-order valence-electron chi connectivity index (χ3n) is 5.16. The molecule has 0 radical (unpaired) electrons. The number of nitro benzene ring substituents is 1. The van der Waals surface area contributed by atoms with Crippen molar-refractivity contribution in [3.63, 3.8) is 0 Å². The van der Waals surface area contributed by atoms with Gasteiger partial charge in [0.25, 0.3) is 5.69 Å². The Kier molecular flexibility index (Phi) is 4.14. The van der Waals surface area contributed by atoms with Crippen LogP contribution in [0.4, 0.5) is 5.69 Å². The second-order valence-electron chi connectivity index (χ2n) is 6.96. The topological polar surface area (TPSA) is 73.3 Å². The Morgan fingerprint density at radius 3 is 2.23 bits per heavy atom. The van der Waals surface area contributed by atoms with Crippen LogP contribution in [-0.4, -0.2) is 4.92 Å². The van der Waals surface area contributed by atoms with Crippen LogP contribution in [0.3, 0.4) is 0 Å². The summed E-state index contributed by atoms with van der Waals surface area (Å²) in [6, 6.07) is 26.6. The van der Waals surface area contributed by atoms with Crippen molar-refractivity contribution in [1.82, 2.24) is 0 Å². The summed E-state index contributed by atoms with van der Waals surface area (Å²) in [6.45, 7) is 0. The molecule has 3 aromatic carbocycles. The van der Waals surface area contributed by atoms with Crippen LogP contribution < -0.4 is 5.43 Å². The maximum atomic E-state index is 13.2. The SMILES string of the molecule is O=c1cc2oc3ccccc3cc-2c(-c2ccccc2[N+](=O)[O-])c1-c1ccccc1. The van der Waals surface area contributed by atoms with Crippen molar-refractivity contribution in [2.75, 3.05) is 0 Å². The van der Waals surface area contributed by atoms with Crippen molar-refractivity contribution in [2.24, 2.45) is 0 Å². The van der Waals surface area contributed by atoms with Crippen molar-refractivity contribution in [2.45, 2.75) is 0 Å². The van der Waals surface area contributed by atoms with Crippen LogP contribution in [0.15, 0.2) is 100 Å². The fourth-order valence-electron chi connectivity index (χ4n) is 3.86. The molecular weight excluding hydrogens is 378 g/mol. The van der Waals surface area contributed by atoms with E-state index in [9.17, 15) is 14.9 Å². The van der Waals surface area contributed by atoms with E-state index in [2.05, 4.69) is 0 Å². The molecule has 0 spiro atoms. The van der Waals surface area contributed by atoms with E-state index in [-0.39, 0.29) is 11.1 Å². The van der Waals surface area contributed by atoms with Crippen LogP contribution in [-0.2, 0) is 0 Å². The molecular formula is C25H15NO4. The maximum absolute atomic E-state index is 13.2. The molecule has 0 amide bonds. The molecule has 0 N–H and O–H groups in total. The van der Waals surface area contributed by atoms with Crippen LogP contribution in [0.25, 0.3) is 44.5 Å². The largest absolute Gasteiger partial charge is 0.456 e. The molecule has 144 valence electrons. The molecule has 0 aromatic heterocycles. The van der Waals surface area contributed by atoms with E-state index in [1.165, 1.54) is 12.1 Å². The van der Waals surface area contributed by atoms with Crippen molar-refractivity contribution in [1.29, 1.82) is 0 Å². The first kappa shape index (κ1) is 17.8. The molecule has 0 saturated heterocycles. The quantitative estimate of drug-likeness (QED) is 0.210. The maximum Gasteiger partial charge on any atom is 0.277 e. The minimum atomic E-state index is -0.425. The molecule has 0 fully saturated rings. The first-order valence-electron chi connectivity index (χ1n) is 9.42. The second kappa shape index (κ2) is 6.97. The third-order valence-corrected chi connectivity index (χ3v) is 5.16. The Hall–Kier alpha value is -4.25. The summed E-state index contributed by atoms with van der Waals surface area (Å²) in [4.78, 5) is 24.6. The average Bonchev–Trinajstić information content (AvgIpc) is 2.77. The molecule has 0 unspecified atom stereocenters. The fourth-order valence-corrected chi connectivity index (χ4v) is 3.86. The summed E-state index contributed by atoms with van der Waals surface area (Å²) in [6.07, 6.45) is 0. The van der Waals surface area contributed by atoms with E-state index in [1.54, 1.807) is 18.2 Å². The Labute approximate surface area is 171 Å². The van der Waals surface area contributed by atoms with Gasteiger partial charge in [-0.25, -0.2) is 0 Å². The van der Waals surface area contributed by atoms with E-state index in [1.807, 2.05) is 60.7 Å². The lowest BCUT2D eigenvalue weighted by Crippen LogP contribution is -2.09. The summed E-state index contributed by atoms with van der Waals surface area (Å²) < 4.78 is 6.01. The van der Waals surface area contributed by atoms with E-state index in [4.69, 9.17) is 4.42 Å². The minimum absolute atomic E-state index is 0.0604. The number of nitrogens with zero attached hydrogens (tertiary/aromatic N) is 1. The third kappa shape index (κ3) is 2.84. The Bertz CT molecular complexity index is 1440. The molecule has 1 aliphatic carbocycles. The van der Waals surface area contributed by atoms with Gasteiger partial charge in [0.1, 0.15) is 11.3 Å². The van der Waals surface area contributed by atoms with Gasteiger partial charge in [0.15, 0.2) is 5.43 Å². The number of benzene rings is 4. The minimum Gasteiger partial charge on any atom is -0.456 e. The number of rotatable bonds is 3. The fraction of sp³-hybridized carbons (Fsp3) is 0. The Balaban J connectivity index is 1.99. The number of fused-ring (bicyclic) bond motifs is 2. The van der Waals surface area contributed by atoms with Gasteiger partial charge in [0.2, 0.25) is 0 Å². The highest BCUT2D eigenvalue weighted by atomic mass is 16.6. The van der Waals surface area contributed by atoms with Gasteiger partial charge in [-0.2, -0.15) is 0 Å². The molecule has 5 heteroatoms. The molecule has 2 aliphatic rings. The molecule has 30 heavy (non-hydrogen) atoms. The molecule has 0 bridgehead atoms. The lowest BCUT2D eigenvalue weighted by atomic mass is 9.87. The van der Waals surface area contributed by atoms with Crippen LogP contribution >= 0.6 is 0 Å². The van der Waals surface area contributed by atoms with Gasteiger partial charge < -0.3 is 4.42 Å². The number of hydrogen-bond donors (Lipinski definition) is 0. The summed E-state index contributed by atoms with van der Waals surface area (Å²) in [5.41, 5.74) is 3.00. The summed E-state index contributed by atoms with van der Waals surface area (Å²) >= 11 is 0. The zero-order chi connectivity index (χ0) is 20.7. The molecule has 5 nitrogen and oxygen atoms in total. The zero-order valence-corrected chi connectivity index (χ0v) is 15.7. The van der Waals surface area contributed by atoms with Crippen molar-refractivity contribution in [3.05, 3.63) is 111 Å². The second-order valence-corrected chi connectivity index (χ2v) is 6.96. The molecule has 1 heterocycles. The number of para-hydroxylation sites is 2. The van der Waals surface area contributed by atoms with E-state index in [0.29, 0.717) is 39.2 Å². The lowest BCUT2D eigenvalue weighted by molar-refractivity contribution is -0.384. The average molecular weight is 393 g/mol. The summed E-state index contributed by atoms with van der Waals surface area (Å²) in [5.74, 6) is 0.395. The zero-order valence-electron chi connectivity index (χ0n) is 15.7. The highest BCUT2D eigenvalue weighted by molar-refractivity contribution is 5.99. The van der Waals surface area contributed by atoms with Crippen LogP contribution in [0.1, 0.15) is 0 Å². The normalized spacial score (nSPS) is 11.1.